The van der Waals surface area contributed by atoms with Crippen molar-refractivity contribution in [1.29, 1.82) is 0 Å². The molecule has 2 saturated heterocycles. The molecule has 150 valence electrons. The molecule has 1 aromatic rings. The van der Waals surface area contributed by atoms with Gasteiger partial charge in [-0.25, -0.2) is 4.79 Å². The Kier molecular flexibility index (Phi) is 6.05. The van der Waals surface area contributed by atoms with E-state index in [2.05, 4.69) is 0 Å². The van der Waals surface area contributed by atoms with Crippen molar-refractivity contribution in [1.82, 2.24) is 4.90 Å². The zero-order valence-corrected chi connectivity index (χ0v) is 16.0. The number of carbonyl (C=O) groups is 3. The number of β-lactam (4-membered cyclic amide) rings is 1. The number of aliphatic hydroxyl groups is 1. The summed E-state index contributed by atoms with van der Waals surface area (Å²) in [5.41, 5.74) is -0.718. The predicted molar refractivity (Wildman–Crippen MR) is 101 cm³/mol. The van der Waals surface area contributed by atoms with Gasteiger partial charge >= 0.3 is 5.97 Å². The number of aliphatic hydroxyl groups excluding tert-OH is 1. The minimum absolute atomic E-state index is 0.0541. The summed E-state index contributed by atoms with van der Waals surface area (Å²) >= 11 is 5.83. The van der Waals surface area contributed by atoms with Gasteiger partial charge in [-0.3, -0.25) is 14.5 Å². The molecule has 2 fully saturated rings. The van der Waals surface area contributed by atoms with Gasteiger partial charge in [0.05, 0.1) is 13.0 Å². The van der Waals surface area contributed by atoms with Crippen molar-refractivity contribution in [2.24, 2.45) is 0 Å². The Balaban J connectivity index is 1.58. The molecule has 0 saturated carbocycles. The normalized spacial score (nSPS) is 24.6. The molecule has 28 heavy (non-hydrogen) atoms. The Hall–Kier alpha value is -2.38. The van der Waals surface area contributed by atoms with E-state index in [4.69, 9.17) is 16.3 Å². The molecule has 1 aromatic carbocycles. The molecule has 7 nitrogen and oxygen atoms in total. The van der Waals surface area contributed by atoms with Gasteiger partial charge in [-0.2, -0.15) is 0 Å². The maximum absolute atomic E-state index is 12.2. The van der Waals surface area contributed by atoms with Crippen LogP contribution in [0.3, 0.4) is 0 Å². The number of hydrogen-bond donors (Lipinski definition) is 2. The lowest BCUT2D eigenvalue weighted by Gasteiger charge is -2.40. The van der Waals surface area contributed by atoms with Gasteiger partial charge in [0.15, 0.2) is 6.23 Å². The topological polar surface area (TPSA) is 104 Å². The van der Waals surface area contributed by atoms with E-state index in [0.29, 0.717) is 30.7 Å². The molecule has 0 bridgehead atoms. The second kappa shape index (κ2) is 8.32. The van der Waals surface area contributed by atoms with Crippen molar-refractivity contribution in [3.63, 3.8) is 0 Å². The quantitative estimate of drug-likeness (QED) is 0.481. The first-order valence-corrected chi connectivity index (χ1v) is 9.56. The Bertz CT molecular complexity index is 805. The Morgan fingerprint density at radius 1 is 1.29 bits per heavy atom. The van der Waals surface area contributed by atoms with Crippen molar-refractivity contribution >= 4 is 29.3 Å². The van der Waals surface area contributed by atoms with Crippen LogP contribution in [0.1, 0.15) is 37.7 Å². The maximum atomic E-state index is 12.2. The van der Waals surface area contributed by atoms with Gasteiger partial charge in [-0.15, -0.1) is 0 Å². The minimum Gasteiger partial charge on any atom is -0.479 e. The number of ether oxygens (including phenoxy) is 1. The molecule has 0 spiro atoms. The number of aliphatic carboxylic acids is 1. The number of benzene rings is 1. The van der Waals surface area contributed by atoms with E-state index in [1.165, 1.54) is 11.0 Å². The van der Waals surface area contributed by atoms with Gasteiger partial charge in [0, 0.05) is 17.9 Å². The van der Waals surface area contributed by atoms with E-state index in [-0.39, 0.29) is 36.9 Å². The molecule has 0 unspecified atom stereocenters. The van der Waals surface area contributed by atoms with Gasteiger partial charge in [0.25, 0.3) is 0 Å². The van der Waals surface area contributed by atoms with E-state index in [9.17, 15) is 24.6 Å². The van der Waals surface area contributed by atoms with Crippen molar-refractivity contribution in [2.45, 2.75) is 50.3 Å². The molecular formula is C20H22ClNO6. The number of carboxylic acids is 1. The summed E-state index contributed by atoms with van der Waals surface area (Å²) in [6, 6.07) is 7.07. The fraction of sp³-hybridized carbons (Fsp3) is 0.450. The number of amides is 1. The molecule has 2 atom stereocenters. The highest BCUT2D eigenvalue weighted by Gasteiger charge is 2.64. The summed E-state index contributed by atoms with van der Waals surface area (Å²) in [6.07, 6.45) is 2.52. The van der Waals surface area contributed by atoms with E-state index < -0.39 is 17.7 Å². The van der Waals surface area contributed by atoms with E-state index in [0.717, 1.165) is 5.56 Å². The van der Waals surface area contributed by atoms with Crippen molar-refractivity contribution in [3.8, 4) is 0 Å². The molecule has 1 amide bonds. The number of carbonyl (C=O) groups excluding carboxylic acids is 2. The van der Waals surface area contributed by atoms with Crippen LogP contribution in [0.15, 0.2) is 36.1 Å². The van der Waals surface area contributed by atoms with Crippen LogP contribution < -0.4 is 0 Å². The lowest BCUT2D eigenvalue weighted by molar-refractivity contribution is -0.171. The smallest absolute Gasteiger partial charge is 0.337 e. The predicted octanol–water partition coefficient (Wildman–Crippen LogP) is 2.30. The number of fused-ring (bicyclic) bond motifs is 1. The average Bonchev–Trinajstić information content (AvgIpc) is 2.90. The first-order valence-electron chi connectivity index (χ1n) is 9.18. The second-order valence-corrected chi connectivity index (χ2v) is 7.44. The summed E-state index contributed by atoms with van der Waals surface area (Å²) in [7, 11) is 0. The average molecular weight is 408 g/mol. The number of rotatable bonds is 9. The van der Waals surface area contributed by atoms with Crippen molar-refractivity contribution < 1.29 is 29.3 Å². The first kappa shape index (κ1) is 20.4. The molecule has 3 rings (SSSR count). The Morgan fingerprint density at radius 3 is 2.61 bits per heavy atom. The molecule has 2 aliphatic heterocycles. The number of carboxylic acid groups (broad SMARTS) is 1. The molecule has 2 heterocycles. The SMILES string of the molecule is O=C(CCCC[C@]1(C(=O)O)/C(=C/CO)O[C@@H]2CC(=O)N21)Cc1ccc(Cl)cc1. The van der Waals surface area contributed by atoms with Gasteiger partial charge in [-0.05, 0) is 43.0 Å². The molecular weight excluding hydrogens is 386 g/mol. The third-order valence-electron chi connectivity index (χ3n) is 5.18. The van der Waals surface area contributed by atoms with Gasteiger partial charge in [-0.1, -0.05) is 23.7 Å². The summed E-state index contributed by atoms with van der Waals surface area (Å²) in [5.74, 6) is -1.31. The first-order chi connectivity index (χ1) is 13.4. The van der Waals surface area contributed by atoms with Crippen LogP contribution in [-0.2, 0) is 25.5 Å². The highest BCUT2D eigenvalue weighted by Crippen LogP contribution is 2.46. The number of unbranched alkanes of at least 4 members (excludes halogenated alkanes) is 1. The Labute approximate surface area is 167 Å². The van der Waals surface area contributed by atoms with Crippen LogP contribution in [0.5, 0.6) is 0 Å². The van der Waals surface area contributed by atoms with Gasteiger partial charge in [0.1, 0.15) is 11.5 Å². The van der Waals surface area contributed by atoms with Crippen LogP contribution in [0.2, 0.25) is 5.02 Å². The summed E-state index contributed by atoms with van der Waals surface area (Å²) in [5, 5.41) is 19.7. The van der Waals surface area contributed by atoms with Crippen molar-refractivity contribution in [3.05, 3.63) is 46.7 Å². The zero-order chi connectivity index (χ0) is 20.3. The maximum Gasteiger partial charge on any atom is 0.337 e. The Morgan fingerprint density at radius 2 is 2.00 bits per heavy atom. The third kappa shape index (κ3) is 3.77. The van der Waals surface area contributed by atoms with Crippen LogP contribution in [0.4, 0.5) is 0 Å². The molecule has 0 aliphatic carbocycles. The monoisotopic (exact) mass is 407 g/mol. The van der Waals surface area contributed by atoms with Crippen LogP contribution in [0, 0.1) is 0 Å². The summed E-state index contributed by atoms with van der Waals surface area (Å²) in [6.45, 7) is -0.376. The third-order valence-corrected chi connectivity index (χ3v) is 5.43. The minimum atomic E-state index is -1.60. The fourth-order valence-electron chi connectivity index (χ4n) is 3.78. The van der Waals surface area contributed by atoms with E-state index in [1.807, 2.05) is 0 Å². The fourth-order valence-corrected chi connectivity index (χ4v) is 3.91. The van der Waals surface area contributed by atoms with E-state index >= 15 is 0 Å². The van der Waals surface area contributed by atoms with Gasteiger partial charge in [0.2, 0.25) is 11.4 Å². The lowest BCUT2D eigenvalue weighted by atomic mass is 9.86. The highest BCUT2D eigenvalue weighted by atomic mass is 35.5. The molecule has 8 heteroatoms. The second-order valence-electron chi connectivity index (χ2n) is 7.01. The number of halogens is 1. The zero-order valence-electron chi connectivity index (χ0n) is 15.3. The number of nitrogens with zero attached hydrogens (tertiary/aromatic N) is 1. The molecule has 0 radical (unpaired) electrons. The van der Waals surface area contributed by atoms with Crippen molar-refractivity contribution in [2.75, 3.05) is 6.61 Å². The van der Waals surface area contributed by atoms with E-state index in [1.54, 1.807) is 24.3 Å². The van der Waals surface area contributed by atoms with Crippen LogP contribution in [-0.4, -0.2) is 51.1 Å². The molecule has 0 aromatic heterocycles. The van der Waals surface area contributed by atoms with Crippen LogP contribution >= 0.6 is 11.6 Å². The highest BCUT2D eigenvalue weighted by molar-refractivity contribution is 6.30. The van der Waals surface area contributed by atoms with Crippen LogP contribution in [0.25, 0.3) is 0 Å². The molecule has 2 N–H and O–H groups in total. The summed E-state index contributed by atoms with van der Waals surface area (Å²) in [4.78, 5) is 37.5. The standard InChI is InChI=1S/C20H22ClNO6/c21-14-6-4-13(5-7-14)11-15(24)3-1-2-9-20(19(26)27)16(8-10-23)28-18-12-17(25)22(18)20/h4-8,18,23H,1-3,9-12H2,(H,26,27)/b16-8-/t18-,20-/m1/s1. The molecule has 2 aliphatic rings. The number of hydrogen-bond acceptors (Lipinski definition) is 5. The lowest BCUT2D eigenvalue weighted by Crippen LogP contribution is -2.62. The van der Waals surface area contributed by atoms with Gasteiger partial charge < -0.3 is 14.9 Å². The largest absolute Gasteiger partial charge is 0.479 e. The number of ketones is 1. The summed E-state index contributed by atoms with van der Waals surface area (Å²) < 4.78 is 5.56. The number of Topliss-reactive ketones (excluding diaryl/α,β-unsaturated/α-hetero) is 1.